The number of hydrogen-bond donors (Lipinski definition) is 2. The number of nitrogens with zero attached hydrogens (tertiary/aromatic N) is 2. The van der Waals surface area contributed by atoms with E-state index in [1.807, 2.05) is 0 Å². The predicted octanol–water partition coefficient (Wildman–Crippen LogP) is 0.425. The van der Waals surface area contributed by atoms with Crippen LogP contribution in [0, 0.1) is 10.1 Å². The highest BCUT2D eigenvalue weighted by Gasteiger charge is 2.33. The first kappa shape index (κ1) is 17.2. The Labute approximate surface area is 119 Å². The van der Waals surface area contributed by atoms with Gasteiger partial charge in [-0.2, -0.15) is 4.31 Å². The lowest BCUT2D eigenvalue weighted by molar-refractivity contribution is -0.387. The number of nitrogens with two attached hydrogens (primary N) is 1. The van der Waals surface area contributed by atoms with Crippen molar-refractivity contribution in [2.24, 2.45) is 0 Å². The number of anilines is 1. The van der Waals surface area contributed by atoms with Crippen LogP contribution >= 0.6 is 0 Å². The van der Waals surface area contributed by atoms with Gasteiger partial charge in [-0.3, -0.25) is 10.1 Å². The predicted molar refractivity (Wildman–Crippen MR) is 69.4 cm³/mol. The Balaban J connectivity index is 3.39. The van der Waals surface area contributed by atoms with E-state index in [9.17, 15) is 27.3 Å². The van der Waals surface area contributed by atoms with E-state index < -0.39 is 51.7 Å². The second-order valence-corrected chi connectivity index (χ2v) is 5.87. The molecule has 0 heterocycles. The van der Waals surface area contributed by atoms with Gasteiger partial charge < -0.3 is 10.8 Å². The lowest BCUT2D eigenvalue weighted by atomic mass is 10.3. The van der Waals surface area contributed by atoms with Crippen molar-refractivity contribution in [1.29, 1.82) is 0 Å². The maximum atomic E-state index is 12.4. The summed E-state index contributed by atoms with van der Waals surface area (Å²) in [4.78, 5) is 9.12. The maximum Gasteiger partial charge on any atom is 0.289 e. The number of hydrogen-bond acceptors (Lipinski definition) is 6. The van der Waals surface area contributed by atoms with E-state index in [2.05, 4.69) is 0 Å². The molecule has 1 aromatic carbocycles. The van der Waals surface area contributed by atoms with Crippen LogP contribution in [0.4, 0.5) is 20.2 Å². The highest BCUT2D eigenvalue weighted by Crippen LogP contribution is 2.28. The van der Waals surface area contributed by atoms with Crippen LogP contribution in [-0.4, -0.2) is 48.9 Å². The molecule has 8 nitrogen and oxygen atoms in total. The molecule has 3 N–H and O–H groups in total. The summed E-state index contributed by atoms with van der Waals surface area (Å²) in [6.07, 6.45) is -2.99. The molecule has 0 spiro atoms. The van der Waals surface area contributed by atoms with Crippen molar-refractivity contribution >= 4 is 21.4 Å². The lowest BCUT2D eigenvalue weighted by Crippen LogP contribution is -2.37. The van der Waals surface area contributed by atoms with Gasteiger partial charge in [-0.25, -0.2) is 17.2 Å². The summed E-state index contributed by atoms with van der Waals surface area (Å²) in [6.45, 7) is -2.50. The zero-order valence-corrected chi connectivity index (χ0v) is 11.5. The van der Waals surface area contributed by atoms with Crippen LogP contribution in [0.25, 0.3) is 0 Å². The van der Waals surface area contributed by atoms with Gasteiger partial charge in [0.25, 0.3) is 12.1 Å². The minimum atomic E-state index is -4.58. The molecular formula is C10H13F2N3O5S. The minimum absolute atomic E-state index is 0.0693. The van der Waals surface area contributed by atoms with E-state index in [4.69, 9.17) is 10.8 Å². The number of sulfonamides is 1. The number of aliphatic hydroxyl groups excluding tert-OH is 1. The van der Waals surface area contributed by atoms with E-state index in [-0.39, 0.29) is 9.99 Å². The van der Waals surface area contributed by atoms with Crippen LogP contribution in [0.15, 0.2) is 23.1 Å². The van der Waals surface area contributed by atoms with Crippen molar-refractivity contribution in [1.82, 2.24) is 4.31 Å². The van der Waals surface area contributed by atoms with Crippen LogP contribution in [0.1, 0.15) is 0 Å². The molecule has 21 heavy (non-hydrogen) atoms. The molecule has 0 amide bonds. The second-order valence-electron chi connectivity index (χ2n) is 3.96. The summed E-state index contributed by atoms with van der Waals surface area (Å²) in [5.41, 5.74) is 4.55. The Morgan fingerprint density at radius 3 is 2.52 bits per heavy atom. The van der Waals surface area contributed by atoms with Crippen LogP contribution in [0.5, 0.6) is 0 Å². The molecule has 0 atom stereocenters. The number of nitro groups is 1. The number of aliphatic hydroxyl groups is 1. The molecule has 0 saturated carbocycles. The highest BCUT2D eigenvalue weighted by atomic mass is 32.2. The van der Waals surface area contributed by atoms with Gasteiger partial charge in [-0.05, 0) is 12.1 Å². The number of rotatable bonds is 7. The van der Waals surface area contributed by atoms with Crippen molar-refractivity contribution in [3.8, 4) is 0 Å². The SMILES string of the molecule is Nc1ccc([N+](=O)[O-])c(S(=O)(=O)N(CCO)CC(F)F)c1. The smallest absolute Gasteiger partial charge is 0.289 e. The van der Waals surface area contributed by atoms with Gasteiger partial charge in [0, 0.05) is 18.3 Å². The van der Waals surface area contributed by atoms with E-state index in [0.717, 1.165) is 18.2 Å². The Morgan fingerprint density at radius 2 is 2.05 bits per heavy atom. The molecule has 1 rings (SSSR count). The van der Waals surface area contributed by atoms with Crippen molar-refractivity contribution in [3.63, 3.8) is 0 Å². The summed E-state index contributed by atoms with van der Waals surface area (Å²) < 4.78 is 49.7. The fourth-order valence-corrected chi connectivity index (χ4v) is 3.20. The standard InChI is InChI=1S/C10H13F2N3O5S/c11-10(12)6-14(3-4-16)21(19,20)9-5-7(13)1-2-8(9)15(17)18/h1-2,5,10,16H,3-4,6,13H2. The Bertz CT molecular complexity index is 623. The molecule has 0 aliphatic carbocycles. The first-order valence-electron chi connectivity index (χ1n) is 5.63. The first-order chi connectivity index (χ1) is 9.70. The molecular weight excluding hydrogens is 312 g/mol. The molecule has 0 saturated heterocycles. The number of alkyl halides is 2. The Kier molecular flexibility index (Phi) is 5.52. The molecule has 0 bridgehead atoms. The topological polar surface area (TPSA) is 127 Å². The summed E-state index contributed by atoms with van der Waals surface area (Å²) in [7, 11) is -4.58. The summed E-state index contributed by atoms with van der Waals surface area (Å²) in [5, 5.41) is 19.6. The van der Waals surface area contributed by atoms with E-state index in [1.165, 1.54) is 0 Å². The maximum absolute atomic E-state index is 12.4. The largest absolute Gasteiger partial charge is 0.399 e. The van der Waals surface area contributed by atoms with Gasteiger partial charge in [0.1, 0.15) is 0 Å². The average Bonchev–Trinajstić information content (AvgIpc) is 2.37. The van der Waals surface area contributed by atoms with Crippen LogP contribution in [-0.2, 0) is 10.0 Å². The number of nitrogen functional groups attached to an aromatic ring is 1. The molecule has 11 heteroatoms. The van der Waals surface area contributed by atoms with Gasteiger partial charge in [-0.15, -0.1) is 0 Å². The zero-order valence-electron chi connectivity index (χ0n) is 10.6. The number of benzene rings is 1. The van der Waals surface area contributed by atoms with E-state index >= 15 is 0 Å². The molecule has 0 aliphatic heterocycles. The number of nitro benzene ring substituents is 1. The molecule has 0 unspecified atom stereocenters. The van der Waals surface area contributed by atoms with Gasteiger partial charge in [0.05, 0.1) is 18.1 Å². The minimum Gasteiger partial charge on any atom is -0.399 e. The van der Waals surface area contributed by atoms with Crippen LogP contribution in [0.2, 0.25) is 0 Å². The monoisotopic (exact) mass is 325 g/mol. The molecule has 118 valence electrons. The molecule has 1 aromatic rings. The Hall–Kier alpha value is -1.85. The normalized spacial score (nSPS) is 12.0. The fraction of sp³-hybridized carbons (Fsp3) is 0.400. The van der Waals surface area contributed by atoms with Gasteiger partial charge in [-0.1, -0.05) is 0 Å². The van der Waals surface area contributed by atoms with E-state index in [1.54, 1.807) is 0 Å². The number of halogens is 2. The third-order valence-electron chi connectivity index (χ3n) is 2.49. The van der Waals surface area contributed by atoms with Crippen molar-refractivity contribution in [3.05, 3.63) is 28.3 Å². The third-order valence-corrected chi connectivity index (χ3v) is 4.38. The molecule has 0 fully saturated rings. The van der Waals surface area contributed by atoms with Crippen LogP contribution in [0.3, 0.4) is 0 Å². The summed E-state index contributed by atoms with van der Waals surface area (Å²) >= 11 is 0. The lowest BCUT2D eigenvalue weighted by Gasteiger charge is -2.20. The van der Waals surface area contributed by atoms with Crippen molar-refractivity contribution in [2.45, 2.75) is 11.3 Å². The molecule has 0 aliphatic rings. The second kappa shape index (κ2) is 6.74. The van der Waals surface area contributed by atoms with Gasteiger partial charge >= 0.3 is 0 Å². The van der Waals surface area contributed by atoms with Gasteiger partial charge in [0.2, 0.25) is 10.0 Å². The van der Waals surface area contributed by atoms with Gasteiger partial charge in [0.15, 0.2) is 4.90 Å². The zero-order chi connectivity index (χ0) is 16.2. The third kappa shape index (κ3) is 4.06. The molecule has 0 radical (unpaired) electrons. The summed E-state index contributed by atoms with van der Waals surface area (Å²) in [5.74, 6) is 0. The summed E-state index contributed by atoms with van der Waals surface area (Å²) in [6, 6.07) is 2.83. The quantitative estimate of drug-likeness (QED) is 0.425. The Morgan fingerprint density at radius 1 is 1.43 bits per heavy atom. The van der Waals surface area contributed by atoms with E-state index in [0.29, 0.717) is 0 Å². The average molecular weight is 325 g/mol. The highest BCUT2D eigenvalue weighted by molar-refractivity contribution is 7.89. The first-order valence-corrected chi connectivity index (χ1v) is 7.07. The van der Waals surface area contributed by atoms with Crippen LogP contribution < -0.4 is 5.73 Å². The van der Waals surface area contributed by atoms with Crippen molar-refractivity contribution in [2.75, 3.05) is 25.4 Å². The fourth-order valence-electron chi connectivity index (χ4n) is 1.60. The molecule has 0 aromatic heterocycles. The van der Waals surface area contributed by atoms with Crippen molar-refractivity contribution < 1.29 is 27.2 Å².